The second kappa shape index (κ2) is 5.52. The van der Waals surface area contributed by atoms with Crippen molar-refractivity contribution in [2.24, 2.45) is 0 Å². The summed E-state index contributed by atoms with van der Waals surface area (Å²) in [7, 11) is 2.02. The standard InChI is InChI=1S/C13H15FN2S/c1-16(12-5-6-17-9-12)8-11-4-2-3-10(7-15)13(11)14/h2-4,12H,5-6,8-9H2,1H3. The summed E-state index contributed by atoms with van der Waals surface area (Å²) in [5.74, 6) is 1.94. The number of nitriles is 1. The zero-order valence-electron chi connectivity index (χ0n) is 9.82. The van der Waals surface area contributed by atoms with E-state index in [0.717, 1.165) is 5.75 Å². The van der Waals surface area contributed by atoms with E-state index >= 15 is 0 Å². The second-order valence-electron chi connectivity index (χ2n) is 4.32. The highest BCUT2D eigenvalue weighted by Gasteiger charge is 2.21. The fourth-order valence-electron chi connectivity index (χ4n) is 2.06. The molecule has 4 heteroatoms. The van der Waals surface area contributed by atoms with Crippen molar-refractivity contribution in [2.75, 3.05) is 18.6 Å². The highest BCUT2D eigenvalue weighted by molar-refractivity contribution is 7.99. The van der Waals surface area contributed by atoms with Crippen LogP contribution in [0.4, 0.5) is 4.39 Å². The topological polar surface area (TPSA) is 27.0 Å². The van der Waals surface area contributed by atoms with Crippen LogP contribution in [0.25, 0.3) is 0 Å². The molecule has 2 rings (SSSR count). The van der Waals surface area contributed by atoms with Crippen LogP contribution >= 0.6 is 11.8 Å². The zero-order valence-corrected chi connectivity index (χ0v) is 10.6. The fraction of sp³-hybridized carbons (Fsp3) is 0.462. The minimum absolute atomic E-state index is 0.136. The van der Waals surface area contributed by atoms with Gasteiger partial charge in [0.25, 0.3) is 0 Å². The van der Waals surface area contributed by atoms with E-state index in [2.05, 4.69) is 4.90 Å². The Hall–Kier alpha value is -1.05. The molecule has 0 saturated carbocycles. The summed E-state index contributed by atoms with van der Waals surface area (Å²) >= 11 is 1.95. The van der Waals surface area contributed by atoms with Crippen molar-refractivity contribution in [3.63, 3.8) is 0 Å². The maximum absolute atomic E-state index is 13.9. The average Bonchev–Trinajstić information content (AvgIpc) is 2.85. The van der Waals surface area contributed by atoms with Gasteiger partial charge in [0.1, 0.15) is 11.9 Å². The van der Waals surface area contributed by atoms with Gasteiger partial charge in [-0.3, -0.25) is 4.90 Å². The predicted molar refractivity (Wildman–Crippen MR) is 68.3 cm³/mol. The van der Waals surface area contributed by atoms with Gasteiger partial charge < -0.3 is 0 Å². The average molecular weight is 250 g/mol. The lowest BCUT2D eigenvalue weighted by Crippen LogP contribution is -2.31. The van der Waals surface area contributed by atoms with Gasteiger partial charge in [-0.1, -0.05) is 12.1 Å². The Balaban J connectivity index is 2.10. The molecular weight excluding hydrogens is 235 g/mol. The molecule has 1 unspecified atom stereocenters. The van der Waals surface area contributed by atoms with Crippen LogP contribution in [0.5, 0.6) is 0 Å². The molecule has 0 spiro atoms. The molecule has 0 bridgehead atoms. The summed E-state index contributed by atoms with van der Waals surface area (Å²) in [6, 6.07) is 7.43. The number of nitrogens with zero attached hydrogens (tertiary/aromatic N) is 2. The summed E-state index contributed by atoms with van der Waals surface area (Å²) in [4.78, 5) is 2.18. The van der Waals surface area contributed by atoms with Gasteiger partial charge >= 0.3 is 0 Å². The fourth-order valence-corrected chi connectivity index (χ4v) is 3.35. The molecule has 0 radical (unpaired) electrons. The van der Waals surface area contributed by atoms with Crippen LogP contribution in [-0.4, -0.2) is 29.5 Å². The van der Waals surface area contributed by atoms with Crippen molar-refractivity contribution < 1.29 is 4.39 Å². The molecule has 0 N–H and O–H groups in total. The molecule has 90 valence electrons. The number of thioether (sulfide) groups is 1. The Kier molecular flexibility index (Phi) is 4.03. The Labute approximate surface area is 105 Å². The number of hydrogen-bond acceptors (Lipinski definition) is 3. The maximum Gasteiger partial charge on any atom is 0.145 e. The molecule has 17 heavy (non-hydrogen) atoms. The first-order valence-corrected chi connectivity index (χ1v) is 6.83. The van der Waals surface area contributed by atoms with Crippen LogP contribution in [0.2, 0.25) is 0 Å². The van der Waals surface area contributed by atoms with E-state index in [9.17, 15) is 4.39 Å². The molecule has 1 aromatic rings. The van der Waals surface area contributed by atoms with Crippen molar-refractivity contribution in [3.05, 3.63) is 35.1 Å². The highest BCUT2D eigenvalue weighted by atomic mass is 32.2. The van der Waals surface area contributed by atoms with Gasteiger partial charge in [-0.15, -0.1) is 0 Å². The molecule has 1 heterocycles. The molecule has 1 saturated heterocycles. The third-order valence-corrected chi connectivity index (χ3v) is 4.29. The van der Waals surface area contributed by atoms with Gasteiger partial charge in [-0.2, -0.15) is 17.0 Å². The largest absolute Gasteiger partial charge is 0.298 e. The summed E-state index contributed by atoms with van der Waals surface area (Å²) in [5.41, 5.74) is 0.750. The summed E-state index contributed by atoms with van der Waals surface area (Å²) < 4.78 is 13.9. The van der Waals surface area contributed by atoms with E-state index in [1.54, 1.807) is 12.1 Å². The van der Waals surface area contributed by atoms with E-state index in [-0.39, 0.29) is 11.4 Å². The minimum atomic E-state index is -0.368. The van der Waals surface area contributed by atoms with Crippen molar-refractivity contribution in [2.45, 2.75) is 19.0 Å². The van der Waals surface area contributed by atoms with Gasteiger partial charge in [-0.25, -0.2) is 4.39 Å². The second-order valence-corrected chi connectivity index (χ2v) is 5.47. The monoisotopic (exact) mass is 250 g/mol. The van der Waals surface area contributed by atoms with Crippen LogP contribution in [0.1, 0.15) is 17.5 Å². The quantitative estimate of drug-likeness (QED) is 0.825. The van der Waals surface area contributed by atoms with Crippen LogP contribution in [0, 0.1) is 17.1 Å². The predicted octanol–water partition coefficient (Wildman–Crippen LogP) is 2.63. The molecule has 1 aromatic carbocycles. The Morgan fingerprint density at radius 1 is 1.59 bits per heavy atom. The Morgan fingerprint density at radius 2 is 2.41 bits per heavy atom. The van der Waals surface area contributed by atoms with Crippen LogP contribution in [-0.2, 0) is 6.54 Å². The van der Waals surface area contributed by atoms with Crippen LogP contribution in [0.15, 0.2) is 18.2 Å². The number of hydrogen-bond donors (Lipinski definition) is 0. The minimum Gasteiger partial charge on any atom is -0.298 e. The van der Waals surface area contributed by atoms with Crippen molar-refractivity contribution in [1.29, 1.82) is 5.26 Å². The number of halogens is 1. The molecule has 1 aliphatic heterocycles. The first-order valence-electron chi connectivity index (χ1n) is 5.68. The molecule has 2 nitrogen and oxygen atoms in total. The lowest BCUT2D eigenvalue weighted by atomic mass is 10.1. The normalized spacial score (nSPS) is 19.5. The van der Waals surface area contributed by atoms with Crippen LogP contribution < -0.4 is 0 Å². The van der Waals surface area contributed by atoms with E-state index < -0.39 is 0 Å². The van der Waals surface area contributed by atoms with Gasteiger partial charge in [0.15, 0.2) is 0 Å². The third kappa shape index (κ3) is 2.80. The Morgan fingerprint density at radius 3 is 3.06 bits per heavy atom. The molecule has 1 aliphatic rings. The van der Waals surface area contributed by atoms with Gasteiger partial charge in [-0.05, 0) is 25.3 Å². The summed E-state index contributed by atoms with van der Waals surface area (Å²) in [6.07, 6.45) is 1.17. The van der Waals surface area contributed by atoms with E-state index in [1.807, 2.05) is 24.9 Å². The summed E-state index contributed by atoms with van der Waals surface area (Å²) in [6.45, 7) is 0.576. The van der Waals surface area contributed by atoms with E-state index in [4.69, 9.17) is 5.26 Å². The SMILES string of the molecule is CN(Cc1cccc(C#N)c1F)C1CCSC1. The summed E-state index contributed by atoms with van der Waals surface area (Å²) in [5, 5.41) is 8.78. The molecule has 0 aliphatic carbocycles. The molecular formula is C13H15FN2S. The third-order valence-electron chi connectivity index (χ3n) is 3.15. The zero-order chi connectivity index (χ0) is 12.3. The van der Waals surface area contributed by atoms with Gasteiger partial charge in [0.2, 0.25) is 0 Å². The number of benzene rings is 1. The molecule has 1 fully saturated rings. The van der Waals surface area contributed by atoms with Crippen LogP contribution in [0.3, 0.4) is 0 Å². The van der Waals surface area contributed by atoms with E-state index in [1.165, 1.54) is 18.2 Å². The lowest BCUT2D eigenvalue weighted by molar-refractivity contribution is 0.251. The number of rotatable bonds is 3. The van der Waals surface area contributed by atoms with Gasteiger partial charge in [0.05, 0.1) is 5.56 Å². The highest BCUT2D eigenvalue weighted by Crippen LogP contribution is 2.23. The Bertz CT molecular complexity index is 436. The smallest absolute Gasteiger partial charge is 0.145 e. The van der Waals surface area contributed by atoms with E-state index in [0.29, 0.717) is 18.2 Å². The molecule has 0 amide bonds. The van der Waals surface area contributed by atoms with Crippen molar-refractivity contribution in [3.8, 4) is 6.07 Å². The first kappa shape index (κ1) is 12.4. The first-order chi connectivity index (χ1) is 8.22. The molecule has 1 atom stereocenters. The maximum atomic E-state index is 13.9. The van der Waals surface area contributed by atoms with Crippen molar-refractivity contribution in [1.82, 2.24) is 4.90 Å². The van der Waals surface area contributed by atoms with Gasteiger partial charge in [0, 0.05) is 23.9 Å². The lowest BCUT2D eigenvalue weighted by Gasteiger charge is -2.23. The van der Waals surface area contributed by atoms with Crippen molar-refractivity contribution >= 4 is 11.8 Å². The molecule has 0 aromatic heterocycles.